The molecule has 2 heteroatoms. The lowest BCUT2D eigenvalue weighted by Crippen LogP contribution is -2.24. The van der Waals surface area contributed by atoms with Crippen LogP contribution in [0.1, 0.15) is 43.5 Å². The highest BCUT2D eigenvalue weighted by Crippen LogP contribution is 2.18. The minimum Gasteiger partial charge on any atom is -0.376 e. The summed E-state index contributed by atoms with van der Waals surface area (Å²) in [6.45, 7) is 11.2. The van der Waals surface area contributed by atoms with Gasteiger partial charge in [-0.2, -0.15) is 0 Å². The number of rotatable bonds is 5. The molecule has 1 aromatic rings. The standard InChI is InChI=1S/C15H25NO/c1-10(2)13(5)17-9-15(16)14-7-6-11(3)8-12(14)4/h6-8,10,13,15H,9,16H2,1-5H3. The van der Waals surface area contributed by atoms with Crippen LogP contribution in [0.15, 0.2) is 18.2 Å². The molecule has 96 valence electrons. The van der Waals surface area contributed by atoms with Gasteiger partial charge in [0.25, 0.3) is 0 Å². The van der Waals surface area contributed by atoms with Crippen LogP contribution in [0.3, 0.4) is 0 Å². The van der Waals surface area contributed by atoms with Crippen LogP contribution in [0, 0.1) is 19.8 Å². The average Bonchev–Trinajstić information content (AvgIpc) is 2.25. The van der Waals surface area contributed by atoms with Crippen LogP contribution in [0.25, 0.3) is 0 Å². The first-order valence-corrected chi connectivity index (χ1v) is 6.36. The van der Waals surface area contributed by atoms with Gasteiger partial charge in [-0.1, -0.05) is 37.6 Å². The molecule has 17 heavy (non-hydrogen) atoms. The van der Waals surface area contributed by atoms with Crippen molar-refractivity contribution < 1.29 is 4.74 Å². The molecule has 2 N–H and O–H groups in total. The van der Waals surface area contributed by atoms with Gasteiger partial charge in [0.05, 0.1) is 18.8 Å². The maximum atomic E-state index is 6.17. The Morgan fingerprint density at radius 2 is 1.82 bits per heavy atom. The van der Waals surface area contributed by atoms with Crippen molar-refractivity contribution in [1.29, 1.82) is 0 Å². The van der Waals surface area contributed by atoms with Gasteiger partial charge >= 0.3 is 0 Å². The van der Waals surface area contributed by atoms with Crippen molar-refractivity contribution in [3.05, 3.63) is 34.9 Å². The van der Waals surface area contributed by atoms with E-state index in [9.17, 15) is 0 Å². The highest BCUT2D eigenvalue weighted by atomic mass is 16.5. The molecule has 0 aliphatic rings. The quantitative estimate of drug-likeness (QED) is 0.849. The summed E-state index contributed by atoms with van der Waals surface area (Å²) in [5.74, 6) is 0.529. The Hall–Kier alpha value is -0.860. The molecular weight excluding hydrogens is 210 g/mol. The lowest BCUT2D eigenvalue weighted by Gasteiger charge is -2.21. The van der Waals surface area contributed by atoms with Gasteiger partial charge in [0.15, 0.2) is 0 Å². The van der Waals surface area contributed by atoms with E-state index in [1.54, 1.807) is 0 Å². The molecule has 0 aromatic heterocycles. The molecule has 0 saturated carbocycles. The molecule has 2 unspecified atom stereocenters. The third-order valence-corrected chi connectivity index (χ3v) is 3.30. The Balaban J connectivity index is 2.61. The smallest absolute Gasteiger partial charge is 0.0663 e. The van der Waals surface area contributed by atoms with Crippen molar-refractivity contribution >= 4 is 0 Å². The third-order valence-electron chi connectivity index (χ3n) is 3.30. The first kappa shape index (κ1) is 14.2. The minimum absolute atomic E-state index is 0.0307. The van der Waals surface area contributed by atoms with Crippen molar-refractivity contribution in [3.63, 3.8) is 0 Å². The van der Waals surface area contributed by atoms with Crippen molar-refractivity contribution in [2.45, 2.75) is 46.8 Å². The fraction of sp³-hybridized carbons (Fsp3) is 0.600. The maximum absolute atomic E-state index is 6.17. The highest BCUT2D eigenvalue weighted by molar-refractivity contribution is 5.32. The first-order chi connectivity index (χ1) is 7.91. The van der Waals surface area contributed by atoms with Gasteiger partial charge in [0.1, 0.15) is 0 Å². The zero-order valence-corrected chi connectivity index (χ0v) is 11.7. The van der Waals surface area contributed by atoms with Crippen molar-refractivity contribution in [2.75, 3.05) is 6.61 Å². The van der Waals surface area contributed by atoms with Gasteiger partial charge in [0.2, 0.25) is 0 Å². The molecule has 0 radical (unpaired) electrons. The Labute approximate surface area is 105 Å². The fourth-order valence-electron chi connectivity index (χ4n) is 1.78. The average molecular weight is 235 g/mol. The second-order valence-corrected chi connectivity index (χ2v) is 5.25. The molecule has 2 nitrogen and oxygen atoms in total. The van der Waals surface area contributed by atoms with E-state index >= 15 is 0 Å². The topological polar surface area (TPSA) is 35.2 Å². The molecule has 0 saturated heterocycles. The SMILES string of the molecule is Cc1ccc(C(N)COC(C)C(C)C)c(C)c1. The zero-order chi connectivity index (χ0) is 13.0. The fourth-order valence-corrected chi connectivity index (χ4v) is 1.78. The summed E-state index contributed by atoms with van der Waals surface area (Å²) in [5.41, 5.74) is 9.88. The van der Waals surface area contributed by atoms with Crippen LogP contribution in [0.5, 0.6) is 0 Å². The number of aryl methyl sites for hydroxylation is 2. The van der Waals surface area contributed by atoms with Crippen molar-refractivity contribution in [1.82, 2.24) is 0 Å². The second kappa shape index (κ2) is 6.18. The highest BCUT2D eigenvalue weighted by Gasteiger charge is 2.13. The van der Waals surface area contributed by atoms with E-state index in [2.05, 4.69) is 52.8 Å². The monoisotopic (exact) mass is 235 g/mol. The number of ether oxygens (including phenoxy) is 1. The van der Waals surface area contributed by atoms with E-state index in [0.717, 1.165) is 0 Å². The molecule has 0 spiro atoms. The van der Waals surface area contributed by atoms with E-state index in [0.29, 0.717) is 12.5 Å². The van der Waals surface area contributed by atoms with Crippen LogP contribution in [0.2, 0.25) is 0 Å². The number of benzene rings is 1. The number of hydrogen-bond donors (Lipinski definition) is 1. The summed E-state index contributed by atoms with van der Waals surface area (Å²) in [6, 6.07) is 6.35. The molecule has 2 atom stereocenters. The Morgan fingerprint density at radius 3 is 2.35 bits per heavy atom. The predicted octanol–water partition coefficient (Wildman–Crippen LogP) is 3.36. The van der Waals surface area contributed by atoms with E-state index in [1.807, 2.05) is 0 Å². The molecule has 0 amide bonds. The van der Waals surface area contributed by atoms with Crippen LogP contribution >= 0.6 is 0 Å². The lowest BCUT2D eigenvalue weighted by molar-refractivity contribution is 0.0271. The summed E-state index contributed by atoms with van der Waals surface area (Å²) >= 11 is 0. The van der Waals surface area contributed by atoms with Crippen molar-refractivity contribution in [3.8, 4) is 0 Å². The number of hydrogen-bond acceptors (Lipinski definition) is 2. The third kappa shape index (κ3) is 4.14. The molecular formula is C15H25NO. The molecule has 0 heterocycles. The second-order valence-electron chi connectivity index (χ2n) is 5.25. The minimum atomic E-state index is -0.0307. The molecule has 0 aliphatic heterocycles. The molecule has 0 aliphatic carbocycles. The lowest BCUT2D eigenvalue weighted by atomic mass is 10.00. The van der Waals surface area contributed by atoms with Gasteiger partial charge in [0, 0.05) is 0 Å². The van der Waals surface area contributed by atoms with E-state index < -0.39 is 0 Å². The summed E-state index contributed by atoms with van der Waals surface area (Å²) in [7, 11) is 0. The summed E-state index contributed by atoms with van der Waals surface area (Å²) in [4.78, 5) is 0. The van der Waals surface area contributed by atoms with Gasteiger partial charge in [-0.05, 0) is 37.8 Å². The van der Waals surface area contributed by atoms with Gasteiger partial charge in [-0.3, -0.25) is 0 Å². The molecule has 1 rings (SSSR count). The van der Waals surface area contributed by atoms with E-state index in [1.165, 1.54) is 16.7 Å². The number of nitrogens with two attached hydrogens (primary N) is 1. The van der Waals surface area contributed by atoms with Gasteiger partial charge < -0.3 is 10.5 Å². The zero-order valence-electron chi connectivity index (χ0n) is 11.7. The summed E-state index contributed by atoms with van der Waals surface area (Å²) in [5, 5.41) is 0. The van der Waals surface area contributed by atoms with Gasteiger partial charge in [-0.25, -0.2) is 0 Å². The molecule has 0 bridgehead atoms. The van der Waals surface area contributed by atoms with E-state index in [-0.39, 0.29) is 12.1 Å². The van der Waals surface area contributed by atoms with Crippen LogP contribution in [-0.2, 0) is 4.74 Å². The molecule has 1 aromatic carbocycles. The molecule has 0 fully saturated rings. The largest absolute Gasteiger partial charge is 0.376 e. The first-order valence-electron chi connectivity index (χ1n) is 6.36. The van der Waals surface area contributed by atoms with Gasteiger partial charge in [-0.15, -0.1) is 0 Å². The Kier molecular flexibility index (Phi) is 5.16. The predicted molar refractivity (Wildman–Crippen MR) is 73.1 cm³/mol. The maximum Gasteiger partial charge on any atom is 0.0663 e. The Morgan fingerprint density at radius 1 is 1.18 bits per heavy atom. The van der Waals surface area contributed by atoms with E-state index in [4.69, 9.17) is 10.5 Å². The van der Waals surface area contributed by atoms with Crippen LogP contribution in [-0.4, -0.2) is 12.7 Å². The Bertz CT molecular complexity index is 360. The van der Waals surface area contributed by atoms with Crippen LogP contribution in [0.4, 0.5) is 0 Å². The van der Waals surface area contributed by atoms with Crippen molar-refractivity contribution in [2.24, 2.45) is 11.7 Å². The summed E-state index contributed by atoms with van der Waals surface area (Å²) < 4.78 is 5.78. The van der Waals surface area contributed by atoms with Crippen LogP contribution < -0.4 is 5.73 Å². The normalized spacial score (nSPS) is 15.0. The summed E-state index contributed by atoms with van der Waals surface area (Å²) in [6.07, 6.45) is 0.256.